The van der Waals surface area contributed by atoms with Crippen molar-refractivity contribution in [3.8, 4) is 11.5 Å². The Labute approximate surface area is 222 Å². The number of anilines is 1. The van der Waals surface area contributed by atoms with Gasteiger partial charge in [0.25, 0.3) is 0 Å². The number of hydrogen-bond donors (Lipinski definition) is 4. The van der Waals surface area contributed by atoms with Crippen LogP contribution in [-0.4, -0.2) is 38.9 Å². The van der Waals surface area contributed by atoms with Gasteiger partial charge in [0.05, 0.1) is 29.1 Å². The minimum Gasteiger partial charge on any atom is -0.504 e. The van der Waals surface area contributed by atoms with Gasteiger partial charge in [-0.3, -0.25) is 24.6 Å². The third-order valence-corrected chi connectivity index (χ3v) is 8.06. The van der Waals surface area contributed by atoms with E-state index in [1.54, 1.807) is 18.2 Å². The number of hydrogen-bond acceptors (Lipinski definition) is 6. The molecule has 2 unspecified atom stereocenters. The number of amides is 3. The zero-order valence-electron chi connectivity index (χ0n) is 20.2. The Bertz CT molecular complexity index is 1530. The summed E-state index contributed by atoms with van der Waals surface area (Å²) in [6, 6.07) is 12.7. The molecule has 3 amide bonds. The molecule has 2 saturated heterocycles. The van der Waals surface area contributed by atoms with Gasteiger partial charge in [0, 0.05) is 11.6 Å². The molecule has 38 heavy (non-hydrogen) atoms. The first kappa shape index (κ1) is 24.4. The number of halogens is 2. The van der Waals surface area contributed by atoms with E-state index < -0.39 is 47.0 Å². The minimum absolute atomic E-state index is 0.0587. The average Bonchev–Trinajstić information content (AvgIpc) is 3.44. The molecule has 2 fully saturated rings. The third-order valence-electron chi connectivity index (χ3n) is 7.76. The van der Waals surface area contributed by atoms with E-state index >= 15 is 0 Å². The van der Waals surface area contributed by atoms with Crippen molar-refractivity contribution in [2.24, 2.45) is 11.8 Å². The van der Waals surface area contributed by atoms with Crippen molar-refractivity contribution in [1.82, 2.24) is 10.2 Å². The number of nitrogens with one attached hydrogen (secondary N) is 2. The number of carbonyl (C=O) groups excluding carboxylic acids is 3. The van der Waals surface area contributed by atoms with Gasteiger partial charge in [-0.05, 0) is 60.4 Å². The van der Waals surface area contributed by atoms with Crippen LogP contribution in [0.3, 0.4) is 0 Å². The molecule has 0 aliphatic carbocycles. The van der Waals surface area contributed by atoms with Crippen LogP contribution in [0.2, 0.25) is 5.02 Å². The van der Waals surface area contributed by atoms with Gasteiger partial charge in [0.2, 0.25) is 17.7 Å². The minimum atomic E-state index is -1.54. The van der Waals surface area contributed by atoms with Crippen molar-refractivity contribution < 1.29 is 29.0 Å². The standard InChI is InChI=1S/C28H23ClFN3O5/c1-13-8-17-24(18(29)9-13)31-27(38)28(17)23-22(19(32-28)10-15-4-7-20(34)21(35)11-15)25(36)33(26(23)37)12-14-2-5-16(30)6-3-14/h2-9,11,19,22-23,32,34-35H,10,12H2,1H3,(H,31,38)/t19?,22-,23+,28?/m1/s1. The van der Waals surface area contributed by atoms with Gasteiger partial charge in [-0.1, -0.05) is 35.9 Å². The molecule has 10 heteroatoms. The van der Waals surface area contributed by atoms with Crippen LogP contribution < -0.4 is 10.6 Å². The second-order valence-electron chi connectivity index (χ2n) is 10.1. The summed E-state index contributed by atoms with van der Waals surface area (Å²) in [5.41, 5.74) is 1.33. The van der Waals surface area contributed by atoms with Gasteiger partial charge in [0.1, 0.15) is 11.4 Å². The first-order chi connectivity index (χ1) is 18.1. The molecule has 194 valence electrons. The molecule has 0 aromatic heterocycles. The van der Waals surface area contributed by atoms with Crippen molar-refractivity contribution in [2.75, 3.05) is 5.32 Å². The van der Waals surface area contributed by atoms with Gasteiger partial charge in [-0.2, -0.15) is 0 Å². The van der Waals surface area contributed by atoms with Crippen LogP contribution >= 0.6 is 11.6 Å². The zero-order valence-corrected chi connectivity index (χ0v) is 20.9. The summed E-state index contributed by atoms with van der Waals surface area (Å²) in [7, 11) is 0. The summed E-state index contributed by atoms with van der Waals surface area (Å²) in [6.07, 6.45) is 0.197. The molecule has 3 aromatic carbocycles. The number of nitrogens with zero attached hydrogens (tertiary/aromatic N) is 1. The second-order valence-corrected chi connectivity index (χ2v) is 10.5. The van der Waals surface area contributed by atoms with Gasteiger partial charge in [0.15, 0.2) is 11.5 Å². The number of phenolic OH excluding ortho intramolecular Hbond substituents is 2. The number of fused-ring (bicyclic) bond motifs is 4. The summed E-state index contributed by atoms with van der Waals surface area (Å²) in [4.78, 5) is 42.6. The quantitative estimate of drug-likeness (QED) is 0.300. The van der Waals surface area contributed by atoms with Crippen molar-refractivity contribution in [1.29, 1.82) is 0 Å². The Kier molecular flexibility index (Phi) is 5.48. The van der Waals surface area contributed by atoms with Gasteiger partial charge in [-0.15, -0.1) is 0 Å². The van der Waals surface area contributed by atoms with Crippen molar-refractivity contribution >= 4 is 35.0 Å². The molecule has 4 atom stereocenters. The molecule has 8 nitrogen and oxygen atoms in total. The van der Waals surface area contributed by atoms with Crippen molar-refractivity contribution in [3.63, 3.8) is 0 Å². The van der Waals surface area contributed by atoms with E-state index in [0.29, 0.717) is 27.4 Å². The maximum absolute atomic E-state index is 14.0. The molecule has 3 aliphatic rings. The predicted octanol–water partition coefficient (Wildman–Crippen LogP) is 3.36. The number of aryl methyl sites for hydroxylation is 1. The lowest BCUT2D eigenvalue weighted by atomic mass is 9.76. The van der Waals surface area contributed by atoms with Crippen molar-refractivity contribution in [2.45, 2.75) is 31.5 Å². The van der Waals surface area contributed by atoms with Crippen LogP contribution in [0.4, 0.5) is 10.1 Å². The lowest BCUT2D eigenvalue weighted by Crippen LogP contribution is -2.53. The van der Waals surface area contributed by atoms with Crippen LogP contribution in [0, 0.1) is 24.6 Å². The summed E-state index contributed by atoms with van der Waals surface area (Å²) < 4.78 is 13.5. The monoisotopic (exact) mass is 535 g/mol. The number of benzene rings is 3. The Balaban J connectivity index is 1.46. The molecular formula is C28H23ClFN3O5. The maximum atomic E-state index is 14.0. The lowest BCUT2D eigenvalue weighted by molar-refractivity contribution is -0.143. The highest BCUT2D eigenvalue weighted by atomic mass is 35.5. The summed E-state index contributed by atoms with van der Waals surface area (Å²) in [5, 5.41) is 26.2. The van der Waals surface area contributed by atoms with Crippen LogP contribution in [0.25, 0.3) is 0 Å². The van der Waals surface area contributed by atoms with E-state index in [1.807, 2.05) is 6.92 Å². The van der Waals surface area contributed by atoms with E-state index in [-0.39, 0.29) is 24.5 Å². The first-order valence-electron chi connectivity index (χ1n) is 12.1. The molecule has 0 bridgehead atoms. The molecule has 1 spiro atoms. The van der Waals surface area contributed by atoms with E-state index in [9.17, 15) is 29.0 Å². The Morgan fingerprint density at radius 3 is 2.39 bits per heavy atom. The number of likely N-dealkylation sites (tertiary alicyclic amines) is 1. The molecule has 0 saturated carbocycles. The largest absolute Gasteiger partial charge is 0.504 e. The average molecular weight is 536 g/mol. The number of rotatable bonds is 4. The molecular weight excluding hydrogens is 513 g/mol. The van der Waals surface area contributed by atoms with Crippen LogP contribution in [0.1, 0.15) is 22.3 Å². The highest BCUT2D eigenvalue weighted by Crippen LogP contribution is 2.55. The smallest absolute Gasteiger partial charge is 0.250 e. The fraction of sp³-hybridized carbons (Fsp3) is 0.250. The van der Waals surface area contributed by atoms with Gasteiger partial charge >= 0.3 is 0 Å². The SMILES string of the molecule is Cc1cc(Cl)c2c(c1)C1(NC(Cc3ccc(O)c(O)c3)[C@H]3C(=O)N(Cc4ccc(F)cc4)C(=O)[C@H]31)C(=O)N2. The molecule has 3 heterocycles. The van der Waals surface area contributed by atoms with Gasteiger partial charge in [-0.25, -0.2) is 4.39 Å². The fourth-order valence-corrected chi connectivity index (χ4v) is 6.43. The Hall–Kier alpha value is -3.95. The summed E-state index contributed by atoms with van der Waals surface area (Å²) >= 11 is 6.47. The third kappa shape index (κ3) is 3.49. The lowest BCUT2D eigenvalue weighted by Gasteiger charge is -2.30. The molecule has 4 N–H and O–H groups in total. The normalized spacial score (nSPS) is 25.7. The summed E-state index contributed by atoms with van der Waals surface area (Å²) in [6.45, 7) is 1.77. The van der Waals surface area contributed by atoms with Crippen LogP contribution in [0.15, 0.2) is 54.6 Å². The van der Waals surface area contributed by atoms with E-state index in [0.717, 1.165) is 10.5 Å². The van der Waals surface area contributed by atoms with Crippen LogP contribution in [0.5, 0.6) is 11.5 Å². The number of carbonyl (C=O) groups is 3. The highest BCUT2D eigenvalue weighted by molar-refractivity contribution is 6.35. The molecule has 3 aliphatic heterocycles. The summed E-state index contributed by atoms with van der Waals surface area (Å²) in [5.74, 6) is -4.40. The topological polar surface area (TPSA) is 119 Å². The predicted molar refractivity (Wildman–Crippen MR) is 136 cm³/mol. The van der Waals surface area contributed by atoms with Gasteiger partial charge < -0.3 is 15.5 Å². The number of imide groups is 1. The Morgan fingerprint density at radius 1 is 0.974 bits per heavy atom. The van der Waals surface area contributed by atoms with Crippen LogP contribution in [-0.2, 0) is 32.9 Å². The molecule has 3 aromatic rings. The van der Waals surface area contributed by atoms with E-state index in [2.05, 4.69) is 10.6 Å². The first-order valence-corrected chi connectivity index (χ1v) is 12.5. The maximum Gasteiger partial charge on any atom is 0.250 e. The fourth-order valence-electron chi connectivity index (χ4n) is 6.11. The highest BCUT2D eigenvalue weighted by Gasteiger charge is 2.70. The van der Waals surface area contributed by atoms with E-state index in [1.165, 1.54) is 36.4 Å². The number of phenols is 2. The number of aromatic hydroxyl groups is 2. The molecule has 0 radical (unpaired) electrons. The Morgan fingerprint density at radius 2 is 1.68 bits per heavy atom. The van der Waals surface area contributed by atoms with E-state index in [4.69, 9.17) is 11.6 Å². The van der Waals surface area contributed by atoms with Crippen molar-refractivity contribution in [3.05, 3.63) is 87.7 Å². The zero-order chi connectivity index (χ0) is 26.9. The second kappa shape index (κ2) is 8.54. The molecule has 6 rings (SSSR count).